The van der Waals surface area contributed by atoms with Crippen LogP contribution in [-0.4, -0.2) is 15.0 Å². The molecule has 2 aliphatic carbocycles. The number of hydrogen-bond acceptors (Lipinski definition) is 3. The van der Waals surface area contributed by atoms with E-state index in [1.54, 1.807) is 0 Å². The highest BCUT2D eigenvalue weighted by Gasteiger charge is 2.53. The first-order valence-corrected chi connectivity index (χ1v) is 18.7. The van der Waals surface area contributed by atoms with Crippen molar-refractivity contribution in [2.45, 2.75) is 24.7 Å². The second-order valence-corrected chi connectivity index (χ2v) is 15.2. The molecule has 3 nitrogen and oxygen atoms in total. The van der Waals surface area contributed by atoms with E-state index in [4.69, 9.17) is 15.0 Å². The first kappa shape index (κ1) is 30.9. The fourth-order valence-electron chi connectivity index (χ4n) is 9.49. The Hall–Kier alpha value is -6.71. The van der Waals surface area contributed by atoms with E-state index in [1.165, 1.54) is 60.7 Å². The predicted molar refractivity (Wildman–Crippen MR) is 221 cm³/mol. The van der Waals surface area contributed by atoms with Gasteiger partial charge in [0.05, 0.1) is 5.41 Å². The molecule has 9 aromatic rings. The number of aromatic nitrogens is 3. The molecule has 0 saturated heterocycles. The third-order valence-electron chi connectivity index (χ3n) is 12.0. The van der Waals surface area contributed by atoms with Crippen LogP contribution < -0.4 is 0 Å². The highest BCUT2D eigenvalue weighted by molar-refractivity contribution is 6.08. The number of hydrogen-bond donors (Lipinski definition) is 0. The van der Waals surface area contributed by atoms with Crippen molar-refractivity contribution in [1.29, 1.82) is 0 Å². The topological polar surface area (TPSA) is 38.7 Å². The molecule has 0 radical (unpaired) electrons. The van der Waals surface area contributed by atoms with Gasteiger partial charge in [-0.3, -0.25) is 0 Å². The molecule has 3 heteroatoms. The maximum Gasteiger partial charge on any atom is 0.164 e. The lowest BCUT2D eigenvalue weighted by molar-refractivity contribution is 0.563. The molecule has 0 unspecified atom stereocenters. The fraction of sp³-hybridized carbons (Fsp3) is 0.0784. The van der Waals surface area contributed by atoms with E-state index in [0.29, 0.717) is 17.5 Å². The largest absolute Gasteiger partial charge is 0.208 e. The van der Waals surface area contributed by atoms with Crippen LogP contribution in [0.15, 0.2) is 176 Å². The van der Waals surface area contributed by atoms with Gasteiger partial charge >= 0.3 is 0 Å². The molecule has 11 rings (SSSR count). The molecule has 0 bridgehead atoms. The van der Waals surface area contributed by atoms with Crippen molar-refractivity contribution in [3.05, 3.63) is 209 Å². The van der Waals surface area contributed by atoms with Crippen molar-refractivity contribution in [1.82, 2.24) is 15.0 Å². The molecule has 0 N–H and O–H groups in total. The van der Waals surface area contributed by atoms with Gasteiger partial charge in [0, 0.05) is 22.1 Å². The summed E-state index contributed by atoms with van der Waals surface area (Å²) in [4.78, 5) is 15.5. The van der Waals surface area contributed by atoms with Crippen molar-refractivity contribution in [2.75, 3.05) is 0 Å². The Kier molecular flexibility index (Phi) is 6.51. The molecule has 54 heavy (non-hydrogen) atoms. The standard InChI is InChI=1S/C51H35N3/c1-50(2)43-22-12-13-23-44(43)51(41-20-10-8-18-39(41)40-19-9-11-21-42(40)51)45-29-27-36(31-46(45)50)49-53-47(33-15-4-3-5-16-33)52-48(54-49)35-26-28-38-34(30-35)25-24-32-14-6-7-17-37(32)38/h3-31H,1-2H3. The van der Waals surface area contributed by atoms with Crippen LogP contribution in [0.1, 0.15) is 47.2 Å². The molecule has 0 saturated carbocycles. The van der Waals surface area contributed by atoms with Gasteiger partial charge in [0.25, 0.3) is 0 Å². The summed E-state index contributed by atoms with van der Waals surface area (Å²) < 4.78 is 0. The zero-order valence-electron chi connectivity index (χ0n) is 30.1. The number of rotatable bonds is 3. The third-order valence-corrected chi connectivity index (χ3v) is 12.0. The zero-order chi connectivity index (χ0) is 36.0. The fourth-order valence-corrected chi connectivity index (χ4v) is 9.49. The van der Waals surface area contributed by atoms with Crippen LogP contribution in [0, 0.1) is 0 Å². The number of fused-ring (bicyclic) bond motifs is 12. The average molecular weight is 690 g/mol. The average Bonchev–Trinajstić information content (AvgIpc) is 3.53. The summed E-state index contributed by atoms with van der Waals surface area (Å²) in [5, 5.41) is 4.85. The van der Waals surface area contributed by atoms with Crippen LogP contribution in [0.3, 0.4) is 0 Å². The van der Waals surface area contributed by atoms with E-state index in [2.05, 4.69) is 172 Å². The SMILES string of the molecule is CC1(C)c2ccccc2C2(c3ccccc3-c3ccccc32)c2ccc(-c3nc(-c4ccccc4)nc(-c4ccc5c(ccc6ccccc65)c4)n3)cc21. The van der Waals surface area contributed by atoms with Gasteiger partial charge in [-0.1, -0.05) is 178 Å². The van der Waals surface area contributed by atoms with Gasteiger partial charge in [-0.25, -0.2) is 15.0 Å². The van der Waals surface area contributed by atoms with Crippen LogP contribution in [0.5, 0.6) is 0 Å². The van der Waals surface area contributed by atoms with Crippen molar-refractivity contribution in [3.8, 4) is 45.3 Å². The van der Waals surface area contributed by atoms with Crippen LogP contribution in [0.4, 0.5) is 0 Å². The summed E-state index contributed by atoms with van der Waals surface area (Å²) in [6.45, 7) is 4.72. The van der Waals surface area contributed by atoms with E-state index < -0.39 is 5.41 Å². The van der Waals surface area contributed by atoms with E-state index in [-0.39, 0.29) is 5.41 Å². The molecule has 0 fully saturated rings. The Morgan fingerprint density at radius 1 is 0.333 bits per heavy atom. The summed E-state index contributed by atoms with van der Waals surface area (Å²) in [6.07, 6.45) is 0. The van der Waals surface area contributed by atoms with Gasteiger partial charge < -0.3 is 0 Å². The van der Waals surface area contributed by atoms with Gasteiger partial charge in [-0.05, 0) is 78.2 Å². The van der Waals surface area contributed by atoms with Gasteiger partial charge in [0.15, 0.2) is 17.5 Å². The van der Waals surface area contributed by atoms with Crippen LogP contribution in [-0.2, 0) is 10.8 Å². The van der Waals surface area contributed by atoms with Crippen molar-refractivity contribution in [3.63, 3.8) is 0 Å². The Morgan fingerprint density at radius 2 is 0.833 bits per heavy atom. The van der Waals surface area contributed by atoms with E-state index in [1.807, 2.05) is 18.2 Å². The van der Waals surface area contributed by atoms with Crippen molar-refractivity contribution >= 4 is 21.5 Å². The van der Waals surface area contributed by atoms with Gasteiger partial charge in [-0.2, -0.15) is 0 Å². The first-order valence-electron chi connectivity index (χ1n) is 18.7. The van der Waals surface area contributed by atoms with Crippen LogP contribution >= 0.6 is 0 Å². The second-order valence-electron chi connectivity index (χ2n) is 15.2. The minimum absolute atomic E-state index is 0.279. The van der Waals surface area contributed by atoms with E-state index in [0.717, 1.165) is 22.1 Å². The molecule has 8 aromatic carbocycles. The van der Waals surface area contributed by atoms with Crippen molar-refractivity contribution in [2.24, 2.45) is 0 Å². The minimum Gasteiger partial charge on any atom is -0.208 e. The molecule has 1 spiro atoms. The summed E-state index contributed by atoms with van der Waals surface area (Å²) in [7, 11) is 0. The summed E-state index contributed by atoms with van der Waals surface area (Å²) in [5.74, 6) is 1.98. The Morgan fingerprint density at radius 3 is 1.56 bits per heavy atom. The highest BCUT2D eigenvalue weighted by atomic mass is 15.0. The smallest absolute Gasteiger partial charge is 0.164 e. The molecule has 254 valence electrons. The zero-order valence-corrected chi connectivity index (χ0v) is 30.1. The molecule has 0 aliphatic heterocycles. The lowest BCUT2D eigenvalue weighted by atomic mass is 9.55. The minimum atomic E-state index is -0.443. The monoisotopic (exact) mass is 689 g/mol. The summed E-state index contributed by atoms with van der Waals surface area (Å²) >= 11 is 0. The first-order chi connectivity index (χ1) is 26.5. The molecule has 2 aliphatic rings. The second kappa shape index (κ2) is 11.4. The molecular formula is C51H35N3. The van der Waals surface area contributed by atoms with E-state index in [9.17, 15) is 0 Å². The lowest BCUT2D eigenvalue weighted by Crippen LogP contribution is -2.40. The number of nitrogens with zero attached hydrogens (tertiary/aromatic N) is 3. The predicted octanol–water partition coefficient (Wildman–Crippen LogP) is 12.2. The van der Waals surface area contributed by atoms with Crippen LogP contribution in [0.2, 0.25) is 0 Å². The van der Waals surface area contributed by atoms with Crippen molar-refractivity contribution < 1.29 is 0 Å². The van der Waals surface area contributed by atoms with Gasteiger partial charge in [0.2, 0.25) is 0 Å². The van der Waals surface area contributed by atoms with Gasteiger partial charge in [-0.15, -0.1) is 0 Å². The summed E-state index contributed by atoms with van der Waals surface area (Å²) in [5.41, 5.74) is 12.7. The Balaban J connectivity index is 1.14. The quantitative estimate of drug-likeness (QED) is 0.173. The molecule has 1 aromatic heterocycles. The number of benzene rings is 8. The maximum atomic E-state index is 5.25. The highest BCUT2D eigenvalue weighted by Crippen LogP contribution is 2.62. The normalized spacial score (nSPS) is 14.4. The Bertz CT molecular complexity index is 2930. The molecule has 0 atom stereocenters. The third kappa shape index (κ3) is 4.27. The Labute approximate surface area is 314 Å². The molecule has 0 amide bonds. The maximum absolute atomic E-state index is 5.25. The van der Waals surface area contributed by atoms with E-state index >= 15 is 0 Å². The van der Waals surface area contributed by atoms with Crippen LogP contribution in [0.25, 0.3) is 66.8 Å². The van der Waals surface area contributed by atoms with Gasteiger partial charge in [0.1, 0.15) is 0 Å². The molecular weight excluding hydrogens is 655 g/mol. The molecule has 1 heterocycles. The summed E-state index contributed by atoms with van der Waals surface area (Å²) in [6, 6.07) is 63.7. The lowest BCUT2D eigenvalue weighted by Gasteiger charge is -2.46.